The zero-order chi connectivity index (χ0) is 22.1. The lowest BCUT2D eigenvalue weighted by molar-refractivity contribution is -0.137. The smallest absolute Gasteiger partial charge is 0.354 e. The van der Waals surface area contributed by atoms with Crippen molar-refractivity contribution in [2.75, 3.05) is 26.7 Å². The molecule has 2 aliphatic rings. The number of carbonyl (C=O) groups is 1. The topological polar surface area (TPSA) is 69.7 Å². The number of benzene rings is 1. The molecule has 1 aliphatic carbocycles. The van der Waals surface area contributed by atoms with E-state index in [-0.39, 0.29) is 35.9 Å². The van der Waals surface area contributed by atoms with Crippen LogP contribution in [0.5, 0.6) is 0 Å². The number of halogens is 3. The predicted octanol–water partition coefficient (Wildman–Crippen LogP) is 2.71. The van der Waals surface area contributed by atoms with Gasteiger partial charge >= 0.3 is 6.18 Å². The monoisotopic (exact) mass is 447 g/mol. The molecule has 6 nitrogen and oxygen atoms in total. The van der Waals surface area contributed by atoms with Crippen molar-refractivity contribution in [1.29, 1.82) is 0 Å². The van der Waals surface area contributed by atoms with Gasteiger partial charge in [0.15, 0.2) is 0 Å². The van der Waals surface area contributed by atoms with Gasteiger partial charge in [0.05, 0.1) is 10.5 Å². The molecule has 2 fully saturated rings. The van der Waals surface area contributed by atoms with Crippen molar-refractivity contribution >= 4 is 15.9 Å². The number of nitrogens with one attached hydrogen (secondary N) is 1. The lowest BCUT2D eigenvalue weighted by Crippen LogP contribution is -2.46. The molecule has 1 aliphatic heterocycles. The van der Waals surface area contributed by atoms with Crippen molar-refractivity contribution in [3.63, 3.8) is 0 Å². The van der Waals surface area contributed by atoms with Crippen LogP contribution in [0, 0.1) is 5.92 Å². The Bertz CT molecular complexity index is 864. The first-order valence-corrected chi connectivity index (χ1v) is 11.6. The number of carbonyl (C=O) groups excluding carboxylic acids is 1. The van der Waals surface area contributed by atoms with Gasteiger partial charge in [0.25, 0.3) is 0 Å². The molecule has 1 atom stereocenters. The van der Waals surface area contributed by atoms with E-state index in [1.807, 2.05) is 7.05 Å². The van der Waals surface area contributed by atoms with E-state index >= 15 is 0 Å². The van der Waals surface area contributed by atoms with E-state index in [1.165, 1.54) is 18.9 Å². The summed E-state index contributed by atoms with van der Waals surface area (Å²) in [6, 6.07) is 4.59. The fraction of sp³-hybridized carbons (Fsp3) is 0.650. The molecule has 168 valence electrons. The summed E-state index contributed by atoms with van der Waals surface area (Å²) in [6.45, 7) is 2.81. The summed E-state index contributed by atoms with van der Waals surface area (Å²) in [6.07, 6.45) is -1.55. The molecule has 0 spiro atoms. The highest BCUT2D eigenvalue weighted by atomic mass is 32.2. The van der Waals surface area contributed by atoms with E-state index in [1.54, 1.807) is 0 Å². The van der Waals surface area contributed by atoms with Crippen LogP contribution >= 0.6 is 0 Å². The van der Waals surface area contributed by atoms with Crippen LogP contribution in [0.25, 0.3) is 0 Å². The van der Waals surface area contributed by atoms with Crippen LogP contribution in [0.1, 0.15) is 38.2 Å². The van der Waals surface area contributed by atoms with Gasteiger partial charge in [0.1, 0.15) is 0 Å². The minimum absolute atomic E-state index is 0.0952. The van der Waals surface area contributed by atoms with Crippen molar-refractivity contribution < 1.29 is 26.4 Å². The zero-order valence-corrected chi connectivity index (χ0v) is 18.0. The summed E-state index contributed by atoms with van der Waals surface area (Å²) >= 11 is 0. The van der Waals surface area contributed by atoms with Gasteiger partial charge in [-0.05, 0) is 57.9 Å². The maximum Gasteiger partial charge on any atom is 0.416 e. The first kappa shape index (κ1) is 23.0. The number of piperidine rings is 1. The highest BCUT2D eigenvalue weighted by Gasteiger charge is 2.35. The number of hydrogen-bond donors (Lipinski definition) is 1. The minimum Gasteiger partial charge on any atom is -0.354 e. The Labute approximate surface area is 175 Å². The number of nitrogens with zero attached hydrogens (tertiary/aromatic N) is 2. The van der Waals surface area contributed by atoms with E-state index in [4.69, 9.17) is 0 Å². The third-order valence-electron chi connectivity index (χ3n) is 6.01. The molecule has 3 rings (SSSR count). The summed E-state index contributed by atoms with van der Waals surface area (Å²) < 4.78 is 65.4. The molecule has 0 bridgehead atoms. The minimum atomic E-state index is -4.61. The van der Waals surface area contributed by atoms with E-state index in [2.05, 4.69) is 17.1 Å². The Morgan fingerprint density at radius 3 is 2.43 bits per heavy atom. The van der Waals surface area contributed by atoms with Crippen molar-refractivity contribution in [3.05, 3.63) is 29.8 Å². The molecular weight excluding hydrogens is 419 g/mol. The maximum atomic E-state index is 12.9. The van der Waals surface area contributed by atoms with Crippen LogP contribution in [-0.4, -0.2) is 62.3 Å². The van der Waals surface area contributed by atoms with Crippen molar-refractivity contribution in [2.24, 2.45) is 5.92 Å². The number of alkyl halides is 3. The van der Waals surface area contributed by atoms with Gasteiger partial charge in [0, 0.05) is 37.6 Å². The SMILES string of the molecule is CC(CNC(=O)C1CCN(S(=O)(=O)c2cccc(C(F)(F)F)c2)CC1)N(C)C1CC1. The van der Waals surface area contributed by atoms with Crippen LogP contribution in [0.4, 0.5) is 13.2 Å². The highest BCUT2D eigenvalue weighted by molar-refractivity contribution is 7.89. The number of hydrogen-bond acceptors (Lipinski definition) is 4. The van der Waals surface area contributed by atoms with Crippen molar-refractivity contribution in [3.8, 4) is 0 Å². The normalized spacial score (nSPS) is 20.3. The largest absolute Gasteiger partial charge is 0.416 e. The number of sulfonamides is 1. The molecule has 30 heavy (non-hydrogen) atoms. The average Bonchev–Trinajstić information content (AvgIpc) is 3.56. The van der Waals surface area contributed by atoms with Gasteiger partial charge in [-0.2, -0.15) is 17.5 Å². The van der Waals surface area contributed by atoms with Crippen molar-refractivity contribution in [2.45, 2.75) is 55.8 Å². The summed E-state index contributed by atoms with van der Waals surface area (Å²) in [5.74, 6) is -0.390. The van der Waals surface area contributed by atoms with E-state index in [0.717, 1.165) is 16.4 Å². The second-order valence-electron chi connectivity index (χ2n) is 8.19. The number of likely N-dealkylation sites (N-methyl/N-ethyl adjacent to an activating group) is 1. The van der Waals surface area contributed by atoms with Crippen LogP contribution in [0.2, 0.25) is 0 Å². The van der Waals surface area contributed by atoms with E-state index in [9.17, 15) is 26.4 Å². The second kappa shape index (κ2) is 8.84. The lowest BCUT2D eigenvalue weighted by Gasteiger charge is -2.31. The molecule has 0 radical (unpaired) electrons. The molecule has 1 heterocycles. The third-order valence-corrected chi connectivity index (χ3v) is 7.91. The molecule has 1 N–H and O–H groups in total. The Morgan fingerprint density at radius 1 is 1.23 bits per heavy atom. The predicted molar refractivity (Wildman–Crippen MR) is 106 cm³/mol. The van der Waals surface area contributed by atoms with Crippen LogP contribution in [0.15, 0.2) is 29.2 Å². The van der Waals surface area contributed by atoms with Gasteiger partial charge in [-0.1, -0.05) is 6.07 Å². The molecule has 1 amide bonds. The zero-order valence-electron chi connectivity index (χ0n) is 17.2. The first-order chi connectivity index (χ1) is 14.0. The summed E-state index contributed by atoms with van der Waals surface area (Å²) in [4.78, 5) is 14.3. The van der Waals surface area contributed by atoms with E-state index in [0.29, 0.717) is 31.5 Å². The van der Waals surface area contributed by atoms with Crippen LogP contribution in [0.3, 0.4) is 0 Å². The fourth-order valence-corrected chi connectivity index (χ4v) is 5.23. The van der Waals surface area contributed by atoms with Crippen molar-refractivity contribution in [1.82, 2.24) is 14.5 Å². The Balaban J connectivity index is 1.55. The molecule has 10 heteroatoms. The molecule has 1 unspecified atom stereocenters. The Kier molecular flexibility index (Phi) is 6.78. The van der Waals surface area contributed by atoms with Gasteiger partial charge in [-0.15, -0.1) is 0 Å². The Morgan fingerprint density at radius 2 is 1.87 bits per heavy atom. The number of amides is 1. The summed E-state index contributed by atoms with van der Waals surface area (Å²) in [5, 5.41) is 2.95. The molecule has 0 aromatic heterocycles. The summed E-state index contributed by atoms with van der Waals surface area (Å²) in [7, 11) is -1.99. The standard InChI is InChI=1S/C20H28F3N3O3S/c1-14(25(2)17-6-7-17)13-24-19(27)15-8-10-26(11-9-15)30(28,29)18-5-3-4-16(12-18)20(21,22)23/h3-5,12,14-15,17H,6-11,13H2,1-2H3,(H,24,27). The van der Waals surface area contributed by atoms with Gasteiger partial charge in [-0.25, -0.2) is 8.42 Å². The van der Waals surface area contributed by atoms with Crippen LogP contribution < -0.4 is 5.32 Å². The summed E-state index contributed by atoms with van der Waals surface area (Å²) in [5.41, 5.74) is -0.997. The van der Waals surface area contributed by atoms with Crippen LogP contribution in [-0.2, 0) is 21.0 Å². The third kappa shape index (κ3) is 5.33. The molecule has 1 saturated heterocycles. The van der Waals surface area contributed by atoms with E-state index < -0.39 is 21.8 Å². The highest BCUT2D eigenvalue weighted by Crippen LogP contribution is 2.32. The molecular formula is C20H28F3N3O3S. The quantitative estimate of drug-likeness (QED) is 0.698. The second-order valence-corrected chi connectivity index (χ2v) is 10.1. The van der Waals surface area contributed by atoms with Gasteiger partial charge in [-0.3, -0.25) is 9.69 Å². The lowest BCUT2D eigenvalue weighted by atomic mass is 9.97. The average molecular weight is 448 g/mol. The molecule has 1 aromatic carbocycles. The van der Waals surface area contributed by atoms with Gasteiger partial charge < -0.3 is 5.32 Å². The molecule has 1 saturated carbocycles. The fourth-order valence-electron chi connectivity index (χ4n) is 3.72. The number of rotatable bonds is 7. The first-order valence-electron chi connectivity index (χ1n) is 10.2. The Hall–Kier alpha value is -1.65. The maximum absolute atomic E-state index is 12.9. The molecule has 1 aromatic rings. The van der Waals surface area contributed by atoms with Gasteiger partial charge in [0.2, 0.25) is 15.9 Å².